The quantitative estimate of drug-likeness (QED) is 0.684. The fraction of sp³-hybridized carbons (Fsp3) is 0.0526. The van der Waals surface area contributed by atoms with Gasteiger partial charge < -0.3 is 10.6 Å². The number of nitrogens with zero attached hydrogens (tertiary/aromatic N) is 2. The van der Waals surface area contributed by atoms with Gasteiger partial charge in [-0.05, 0) is 31.2 Å². The van der Waals surface area contributed by atoms with Crippen LogP contribution in [0.4, 0.5) is 21.6 Å². The van der Waals surface area contributed by atoms with E-state index in [1.807, 2.05) is 0 Å². The summed E-state index contributed by atoms with van der Waals surface area (Å²) in [6.45, 7) is 1.48. The summed E-state index contributed by atoms with van der Waals surface area (Å²) >= 11 is 0. The van der Waals surface area contributed by atoms with Crippen LogP contribution in [0.15, 0.2) is 60.9 Å². The lowest BCUT2D eigenvalue weighted by molar-refractivity contribution is 0.101. The zero-order chi connectivity index (χ0) is 18.5. The van der Waals surface area contributed by atoms with Crippen molar-refractivity contribution in [2.45, 2.75) is 6.92 Å². The molecule has 0 fully saturated rings. The molecule has 3 rings (SSSR count). The highest BCUT2D eigenvalue weighted by molar-refractivity contribution is 6.03. The molecule has 0 aliphatic carbocycles. The van der Waals surface area contributed by atoms with Crippen molar-refractivity contribution >= 4 is 28.9 Å². The van der Waals surface area contributed by atoms with Crippen molar-refractivity contribution in [1.82, 2.24) is 9.97 Å². The molecule has 0 saturated heterocycles. The van der Waals surface area contributed by atoms with Crippen LogP contribution >= 0.6 is 0 Å². The Hall–Kier alpha value is -3.61. The first kappa shape index (κ1) is 17.2. The van der Waals surface area contributed by atoms with Crippen molar-refractivity contribution in [2.24, 2.45) is 0 Å². The van der Waals surface area contributed by atoms with E-state index in [4.69, 9.17) is 0 Å². The van der Waals surface area contributed by atoms with E-state index >= 15 is 0 Å². The van der Waals surface area contributed by atoms with E-state index in [1.165, 1.54) is 37.5 Å². The Morgan fingerprint density at radius 3 is 2.58 bits per heavy atom. The van der Waals surface area contributed by atoms with Gasteiger partial charge in [0.25, 0.3) is 5.91 Å². The predicted molar refractivity (Wildman–Crippen MR) is 96.1 cm³/mol. The molecule has 0 bridgehead atoms. The number of carbonyl (C=O) groups excluding carboxylic acids is 2. The highest BCUT2D eigenvalue weighted by Gasteiger charge is 2.11. The van der Waals surface area contributed by atoms with Gasteiger partial charge in [0.1, 0.15) is 23.7 Å². The third-order valence-electron chi connectivity index (χ3n) is 3.56. The Morgan fingerprint density at radius 2 is 1.81 bits per heavy atom. The smallest absolute Gasteiger partial charge is 0.274 e. The maximum atomic E-state index is 13.6. The zero-order valence-electron chi connectivity index (χ0n) is 13.9. The lowest BCUT2D eigenvalue weighted by Crippen LogP contribution is -2.15. The Kier molecular flexibility index (Phi) is 4.98. The lowest BCUT2D eigenvalue weighted by atomic mass is 10.1. The van der Waals surface area contributed by atoms with Gasteiger partial charge in [-0.25, -0.2) is 14.4 Å². The van der Waals surface area contributed by atoms with Crippen LogP contribution in [0.1, 0.15) is 27.8 Å². The molecule has 130 valence electrons. The van der Waals surface area contributed by atoms with E-state index in [0.717, 1.165) is 0 Å². The normalized spacial score (nSPS) is 10.2. The molecule has 0 aliphatic rings. The molecule has 0 unspecified atom stereocenters. The summed E-state index contributed by atoms with van der Waals surface area (Å²) in [5.41, 5.74) is 1.35. The van der Waals surface area contributed by atoms with Gasteiger partial charge in [-0.3, -0.25) is 9.59 Å². The molecule has 6 nitrogen and oxygen atoms in total. The lowest BCUT2D eigenvalue weighted by Gasteiger charge is -2.09. The third kappa shape index (κ3) is 4.07. The van der Waals surface area contributed by atoms with E-state index < -0.39 is 11.7 Å². The molecule has 1 aromatic heterocycles. The van der Waals surface area contributed by atoms with Gasteiger partial charge in [0, 0.05) is 17.3 Å². The van der Waals surface area contributed by atoms with E-state index in [9.17, 15) is 14.0 Å². The Bertz CT molecular complexity index is 975. The maximum absolute atomic E-state index is 13.6. The van der Waals surface area contributed by atoms with Crippen molar-refractivity contribution in [3.05, 3.63) is 78.0 Å². The van der Waals surface area contributed by atoms with Crippen molar-refractivity contribution < 1.29 is 14.0 Å². The molecule has 0 aliphatic heterocycles. The van der Waals surface area contributed by atoms with Gasteiger partial charge in [-0.1, -0.05) is 24.3 Å². The summed E-state index contributed by atoms with van der Waals surface area (Å²) < 4.78 is 13.6. The topological polar surface area (TPSA) is 84.0 Å². The molecule has 2 aromatic carbocycles. The number of para-hydroxylation sites is 1. The summed E-state index contributed by atoms with van der Waals surface area (Å²) in [6.07, 6.45) is 1.23. The SMILES string of the molecule is CC(=O)c1cccc(Nc2cc(C(=O)Nc3ccccc3F)ncn2)c1. The number of amides is 1. The molecule has 1 heterocycles. The van der Waals surface area contributed by atoms with Crippen LogP contribution in [0.2, 0.25) is 0 Å². The first-order valence-electron chi connectivity index (χ1n) is 7.79. The van der Waals surface area contributed by atoms with Gasteiger partial charge in [0.2, 0.25) is 0 Å². The summed E-state index contributed by atoms with van der Waals surface area (Å²) in [5, 5.41) is 5.48. The second kappa shape index (κ2) is 7.52. The number of nitrogens with one attached hydrogen (secondary N) is 2. The van der Waals surface area contributed by atoms with Gasteiger partial charge in [-0.2, -0.15) is 0 Å². The number of aromatic nitrogens is 2. The van der Waals surface area contributed by atoms with Crippen molar-refractivity contribution in [2.75, 3.05) is 10.6 Å². The van der Waals surface area contributed by atoms with Crippen LogP contribution in [-0.2, 0) is 0 Å². The molecule has 1 amide bonds. The molecule has 0 atom stereocenters. The average Bonchev–Trinajstić information content (AvgIpc) is 2.64. The molecular formula is C19H15FN4O2. The standard InChI is InChI=1S/C19H15FN4O2/c1-12(25)13-5-4-6-14(9-13)23-18-10-17(21-11-22-18)19(26)24-16-8-3-2-7-15(16)20/h2-11H,1H3,(H,24,26)(H,21,22,23). The number of hydrogen-bond acceptors (Lipinski definition) is 5. The van der Waals surface area contributed by atoms with Crippen molar-refractivity contribution in [3.8, 4) is 0 Å². The second-order valence-corrected chi connectivity index (χ2v) is 5.48. The number of rotatable bonds is 5. The third-order valence-corrected chi connectivity index (χ3v) is 3.56. The maximum Gasteiger partial charge on any atom is 0.274 e. The molecule has 2 N–H and O–H groups in total. The number of benzene rings is 2. The molecular weight excluding hydrogens is 335 g/mol. The van der Waals surface area contributed by atoms with Crippen LogP contribution in [0.5, 0.6) is 0 Å². The zero-order valence-corrected chi connectivity index (χ0v) is 13.9. The predicted octanol–water partition coefficient (Wildman–Crippen LogP) is 3.81. The van der Waals surface area contributed by atoms with Gasteiger partial charge >= 0.3 is 0 Å². The molecule has 0 saturated carbocycles. The monoisotopic (exact) mass is 350 g/mol. The average molecular weight is 350 g/mol. The molecule has 0 spiro atoms. The van der Waals surface area contributed by atoms with Gasteiger partial charge in [0.15, 0.2) is 5.78 Å². The van der Waals surface area contributed by atoms with Crippen LogP contribution in [0.25, 0.3) is 0 Å². The van der Waals surface area contributed by atoms with E-state index in [0.29, 0.717) is 17.1 Å². The fourth-order valence-corrected chi connectivity index (χ4v) is 2.26. The minimum atomic E-state index is -0.557. The molecule has 3 aromatic rings. The van der Waals surface area contributed by atoms with Crippen LogP contribution in [0, 0.1) is 5.82 Å². The number of ketones is 1. The van der Waals surface area contributed by atoms with Gasteiger partial charge in [0.05, 0.1) is 5.69 Å². The van der Waals surface area contributed by atoms with Crippen LogP contribution < -0.4 is 10.6 Å². The van der Waals surface area contributed by atoms with Crippen LogP contribution in [-0.4, -0.2) is 21.7 Å². The largest absolute Gasteiger partial charge is 0.340 e. The van der Waals surface area contributed by atoms with E-state index in [-0.39, 0.29) is 17.2 Å². The van der Waals surface area contributed by atoms with E-state index in [2.05, 4.69) is 20.6 Å². The van der Waals surface area contributed by atoms with Crippen molar-refractivity contribution in [1.29, 1.82) is 0 Å². The minimum absolute atomic E-state index is 0.0544. The number of Topliss-reactive ketones (excluding diaryl/α,β-unsaturated/α-hetero) is 1. The summed E-state index contributed by atoms with van der Waals surface area (Å²) in [4.78, 5) is 31.7. The number of hydrogen-bond donors (Lipinski definition) is 2. The number of carbonyl (C=O) groups is 2. The molecule has 7 heteroatoms. The minimum Gasteiger partial charge on any atom is -0.340 e. The summed E-state index contributed by atoms with van der Waals surface area (Å²) in [5.74, 6) is -0.770. The summed E-state index contributed by atoms with van der Waals surface area (Å²) in [7, 11) is 0. The molecule has 26 heavy (non-hydrogen) atoms. The fourth-order valence-electron chi connectivity index (χ4n) is 2.26. The number of anilines is 3. The van der Waals surface area contributed by atoms with Gasteiger partial charge in [-0.15, -0.1) is 0 Å². The van der Waals surface area contributed by atoms with E-state index in [1.54, 1.807) is 30.3 Å². The molecule has 0 radical (unpaired) electrons. The van der Waals surface area contributed by atoms with Crippen LogP contribution in [0.3, 0.4) is 0 Å². The highest BCUT2D eigenvalue weighted by atomic mass is 19.1. The Balaban J connectivity index is 1.78. The number of halogens is 1. The van der Waals surface area contributed by atoms with Crippen molar-refractivity contribution in [3.63, 3.8) is 0 Å². The first-order valence-corrected chi connectivity index (χ1v) is 7.79. The Labute approximate surface area is 149 Å². The second-order valence-electron chi connectivity index (χ2n) is 5.48. The first-order chi connectivity index (χ1) is 12.5. The highest BCUT2D eigenvalue weighted by Crippen LogP contribution is 2.18. The summed E-state index contributed by atoms with van der Waals surface area (Å²) in [6, 6.07) is 14.2. The Morgan fingerprint density at radius 1 is 1.00 bits per heavy atom.